The molecule has 0 bridgehead atoms. The van der Waals surface area contributed by atoms with Crippen molar-refractivity contribution < 1.29 is 14.3 Å². The Labute approximate surface area is 188 Å². The fourth-order valence-electron chi connectivity index (χ4n) is 2.85. The number of carbonyl (C=O) groups is 2. The number of methoxy groups -OCH3 is 1. The molecular weight excluding hydrogens is 420 g/mol. The van der Waals surface area contributed by atoms with E-state index in [1.165, 1.54) is 11.8 Å². The van der Waals surface area contributed by atoms with Gasteiger partial charge >= 0.3 is 0 Å². The van der Waals surface area contributed by atoms with E-state index in [4.69, 9.17) is 16.3 Å². The summed E-state index contributed by atoms with van der Waals surface area (Å²) in [7, 11) is 1.63. The Hall–Kier alpha value is -2.18. The van der Waals surface area contributed by atoms with Crippen LogP contribution in [-0.4, -0.2) is 42.2 Å². The van der Waals surface area contributed by atoms with Gasteiger partial charge in [-0.05, 0) is 42.7 Å². The van der Waals surface area contributed by atoms with Gasteiger partial charge in [-0.1, -0.05) is 48.9 Å². The minimum Gasteiger partial charge on any atom is -0.497 e. The Morgan fingerprint density at radius 1 is 1.17 bits per heavy atom. The molecule has 0 unspecified atom stereocenters. The van der Waals surface area contributed by atoms with Crippen LogP contribution in [0.2, 0.25) is 5.02 Å². The molecule has 0 fully saturated rings. The van der Waals surface area contributed by atoms with Crippen LogP contribution in [0.5, 0.6) is 5.75 Å². The lowest BCUT2D eigenvalue weighted by Gasteiger charge is -2.29. The number of rotatable bonds is 11. The number of nitrogens with one attached hydrogen (secondary N) is 1. The van der Waals surface area contributed by atoms with E-state index in [9.17, 15) is 9.59 Å². The number of benzene rings is 2. The molecule has 162 valence electrons. The highest BCUT2D eigenvalue weighted by atomic mass is 35.5. The van der Waals surface area contributed by atoms with E-state index < -0.39 is 6.04 Å². The van der Waals surface area contributed by atoms with Gasteiger partial charge in [0.15, 0.2) is 0 Å². The van der Waals surface area contributed by atoms with E-state index in [2.05, 4.69) is 5.32 Å². The van der Waals surface area contributed by atoms with Gasteiger partial charge in [-0.3, -0.25) is 9.59 Å². The third-order valence-electron chi connectivity index (χ3n) is 4.67. The lowest BCUT2D eigenvalue weighted by Crippen LogP contribution is -2.48. The molecule has 0 heterocycles. The first-order valence-corrected chi connectivity index (χ1v) is 11.5. The van der Waals surface area contributed by atoms with E-state index in [-0.39, 0.29) is 17.6 Å². The van der Waals surface area contributed by atoms with Crippen molar-refractivity contribution in [3.05, 3.63) is 64.7 Å². The predicted octanol–water partition coefficient (Wildman–Crippen LogP) is 4.53. The molecule has 2 aromatic rings. The molecule has 0 aliphatic rings. The van der Waals surface area contributed by atoms with Crippen LogP contribution in [0.25, 0.3) is 0 Å². The number of nitrogens with zero attached hydrogens (tertiary/aromatic N) is 1. The smallest absolute Gasteiger partial charge is 0.242 e. The van der Waals surface area contributed by atoms with Crippen molar-refractivity contribution in [3.8, 4) is 5.75 Å². The van der Waals surface area contributed by atoms with Crippen molar-refractivity contribution in [2.75, 3.05) is 19.4 Å². The topological polar surface area (TPSA) is 58.6 Å². The number of halogens is 1. The van der Waals surface area contributed by atoms with Crippen molar-refractivity contribution in [2.45, 2.75) is 38.6 Å². The fraction of sp³-hybridized carbons (Fsp3) is 0.391. The largest absolute Gasteiger partial charge is 0.497 e. The third-order valence-corrected chi connectivity index (χ3v) is 6.03. The zero-order chi connectivity index (χ0) is 21.9. The Balaban J connectivity index is 2.04. The Kier molecular flexibility index (Phi) is 10.0. The summed E-state index contributed by atoms with van der Waals surface area (Å²) in [6, 6.07) is 14.6. The average molecular weight is 449 g/mol. The summed E-state index contributed by atoms with van der Waals surface area (Å²) in [4.78, 5) is 27.2. The minimum absolute atomic E-state index is 0.0902. The van der Waals surface area contributed by atoms with Crippen molar-refractivity contribution in [1.82, 2.24) is 10.2 Å². The van der Waals surface area contributed by atoms with Crippen LogP contribution in [0.4, 0.5) is 0 Å². The molecule has 0 saturated heterocycles. The van der Waals surface area contributed by atoms with Gasteiger partial charge in [-0.25, -0.2) is 0 Å². The zero-order valence-electron chi connectivity index (χ0n) is 17.7. The van der Waals surface area contributed by atoms with Gasteiger partial charge in [0.25, 0.3) is 0 Å². The summed E-state index contributed by atoms with van der Waals surface area (Å²) < 4.78 is 5.17. The highest BCUT2D eigenvalue weighted by Gasteiger charge is 2.26. The van der Waals surface area contributed by atoms with Crippen LogP contribution in [-0.2, 0) is 21.9 Å². The first kappa shape index (κ1) is 24.1. The first-order valence-electron chi connectivity index (χ1n) is 9.97. The average Bonchev–Trinajstić information content (AvgIpc) is 2.76. The Morgan fingerprint density at radius 2 is 1.87 bits per heavy atom. The standard InChI is InChI=1S/C23H29ClN2O3S/c1-4-13-25-23(28)17(2)26(14-19-7-5-6-8-21(19)24)22(27)16-30-15-18-9-11-20(29-3)12-10-18/h5-12,17H,4,13-16H2,1-3H3,(H,25,28)/t17-/m1/s1. The van der Waals surface area contributed by atoms with Crippen molar-refractivity contribution in [3.63, 3.8) is 0 Å². The molecule has 0 aliphatic heterocycles. The number of thioether (sulfide) groups is 1. The lowest BCUT2D eigenvalue weighted by molar-refractivity contribution is -0.138. The number of ether oxygens (including phenoxy) is 1. The van der Waals surface area contributed by atoms with E-state index >= 15 is 0 Å². The van der Waals surface area contributed by atoms with E-state index in [0.717, 1.165) is 23.3 Å². The van der Waals surface area contributed by atoms with Crippen LogP contribution < -0.4 is 10.1 Å². The van der Waals surface area contributed by atoms with Crippen LogP contribution >= 0.6 is 23.4 Å². The third kappa shape index (κ3) is 7.26. The molecule has 1 N–H and O–H groups in total. The summed E-state index contributed by atoms with van der Waals surface area (Å²) in [5.74, 6) is 1.54. The molecule has 2 aromatic carbocycles. The van der Waals surface area contributed by atoms with Crippen molar-refractivity contribution in [2.24, 2.45) is 0 Å². The maximum absolute atomic E-state index is 13.0. The molecule has 0 spiro atoms. The maximum atomic E-state index is 13.0. The molecule has 30 heavy (non-hydrogen) atoms. The van der Waals surface area contributed by atoms with Crippen LogP contribution in [0.1, 0.15) is 31.4 Å². The second-order valence-electron chi connectivity index (χ2n) is 6.92. The summed E-state index contributed by atoms with van der Waals surface area (Å²) in [6.45, 7) is 4.63. The predicted molar refractivity (Wildman–Crippen MR) is 124 cm³/mol. The monoisotopic (exact) mass is 448 g/mol. The Morgan fingerprint density at radius 3 is 2.50 bits per heavy atom. The molecule has 1 atom stereocenters. The summed E-state index contributed by atoms with van der Waals surface area (Å²) in [5.41, 5.74) is 1.93. The molecule has 0 aliphatic carbocycles. The maximum Gasteiger partial charge on any atom is 0.242 e. The second-order valence-corrected chi connectivity index (χ2v) is 8.31. The zero-order valence-corrected chi connectivity index (χ0v) is 19.3. The first-order chi connectivity index (χ1) is 14.5. The van der Waals surface area contributed by atoms with Crippen molar-refractivity contribution >= 4 is 35.2 Å². The van der Waals surface area contributed by atoms with E-state index in [1.54, 1.807) is 25.0 Å². The highest BCUT2D eigenvalue weighted by molar-refractivity contribution is 7.99. The number of hydrogen-bond acceptors (Lipinski definition) is 4. The van der Waals surface area contributed by atoms with Gasteiger partial charge in [0.1, 0.15) is 11.8 Å². The van der Waals surface area contributed by atoms with Gasteiger partial charge in [0, 0.05) is 23.9 Å². The highest BCUT2D eigenvalue weighted by Crippen LogP contribution is 2.21. The van der Waals surface area contributed by atoms with Crippen LogP contribution in [0, 0.1) is 0 Å². The quantitative estimate of drug-likeness (QED) is 0.548. The van der Waals surface area contributed by atoms with Gasteiger partial charge in [0.2, 0.25) is 11.8 Å². The minimum atomic E-state index is -0.582. The van der Waals surface area contributed by atoms with Gasteiger partial charge < -0.3 is 15.0 Å². The molecule has 0 aromatic heterocycles. The van der Waals surface area contributed by atoms with Gasteiger partial charge in [0.05, 0.1) is 12.9 Å². The Bertz CT molecular complexity index is 829. The van der Waals surface area contributed by atoms with Crippen LogP contribution in [0.3, 0.4) is 0 Å². The van der Waals surface area contributed by atoms with Gasteiger partial charge in [-0.2, -0.15) is 0 Å². The fourth-order valence-corrected chi connectivity index (χ4v) is 3.92. The van der Waals surface area contributed by atoms with E-state index in [1.807, 2.05) is 49.4 Å². The normalized spacial score (nSPS) is 11.6. The SMILES string of the molecule is CCCNC(=O)[C@@H](C)N(Cc1ccccc1Cl)C(=O)CSCc1ccc(OC)cc1. The van der Waals surface area contributed by atoms with Crippen molar-refractivity contribution in [1.29, 1.82) is 0 Å². The van der Waals surface area contributed by atoms with E-state index in [0.29, 0.717) is 23.9 Å². The molecule has 0 radical (unpaired) electrons. The summed E-state index contributed by atoms with van der Waals surface area (Å²) in [5, 5.41) is 3.46. The summed E-state index contributed by atoms with van der Waals surface area (Å²) >= 11 is 7.82. The number of hydrogen-bond donors (Lipinski definition) is 1. The molecule has 0 saturated carbocycles. The lowest BCUT2D eigenvalue weighted by atomic mass is 10.1. The summed E-state index contributed by atoms with van der Waals surface area (Å²) in [6.07, 6.45) is 0.842. The van der Waals surface area contributed by atoms with Crippen LogP contribution in [0.15, 0.2) is 48.5 Å². The number of carbonyl (C=O) groups excluding carboxylic acids is 2. The molecule has 5 nitrogen and oxygen atoms in total. The number of amides is 2. The molecular formula is C23H29ClN2O3S. The molecule has 2 rings (SSSR count). The molecule has 2 amide bonds. The van der Waals surface area contributed by atoms with Gasteiger partial charge in [-0.15, -0.1) is 11.8 Å². The molecule has 7 heteroatoms. The second kappa shape index (κ2) is 12.5.